The Kier molecular flexibility index (Phi) is 3.58. The van der Waals surface area contributed by atoms with Crippen molar-refractivity contribution in [3.63, 3.8) is 0 Å². The van der Waals surface area contributed by atoms with Gasteiger partial charge in [-0.1, -0.05) is 30.3 Å². The number of quaternary nitrogens is 1. The highest BCUT2D eigenvalue weighted by molar-refractivity contribution is 5.81. The summed E-state index contributed by atoms with van der Waals surface area (Å²) in [5.74, 6) is 0. The molecule has 0 unspecified atom stereocenters. The molecule has 0 saturated heterocycles. The summed E-state index contributed by atoms with van der Waals surface area (Å²) in [4.78, 5) is 4.47. The Morgan fingerprint density at radius 1 is 0.833 bits per heavy atom. The number of aliphatic imine (C=N–C) groups is 1. The van der Waals surface area contributed by atoms with Crippen molar-refractivity contribution in [1.29, 1.82) is 0 Å². The molecular weight excluding hydrogens is 220 g/mol. The van der Waals surface area contributed by atoms with Crippen LogP contribution in [0.2, 0.25) is 0 Å². The van der Waals surface area contributed by atoms with Crippen LogP contribution in [0.5, 0.6) is 0 Å². The average molecular weight is 239 g/mol. The summed E-state index contributed by atoms with van der Waals surface area (Å²) in [5, 5.41) is 0. The van der Waals surface area contributed by atoms with Crippen LogP contribution in [0.15, 0.2) is 59.6 Å². The van der Waals surface area contributed by atoms with Crippen LogP contribution in [0.4, 0.5) is 11.4 Å². The number of nitrogens with zero attached hydrogens (tertiary/aromatic N) is 2. The number of benzene rings is 2. The molecule has 2 aromatic carbocycles. The van der Waals surface area contributed by atoms with Gasteiger partial charge in [-0.15, -0.1) is 0 Å². The lowest BCUT2D eigenvalue weighted by Gasteiger charge is -2.23. The van der Waals surface area contributed by atoms with E-state index < -0.39 is 0 Å². The van der Waals surface area contributed by atoms with E-state index >= 15 is 0 Å². The van der Waals surface area contributed by atoms with Crippen molar-refractivity contribution < 1.29 is 0 Å². The molecule has 2 aromatic rings. The van der Waals surface area contributed by atoms with Gasteiger partial charge in [0.25, 0.3) is 0 Å². The van der Waals surface area contributed by atoms with Gasteiger partial charge in [-0.3, -0.25) is 9.48 Å². The van der Waals surface area contributed by atoms with Crippen LogP contribution in [0, 0.1) is 0 Å². The van der Waals surface area contributed by atoms with Gasteiger partial charge in [0.2, 0.25) is 0 Å². The predicted molar refractivity (Wildman–Crippen MR) is 79.7 cm³/mol. The van der Waals surface area contributed by atoms with Crippen LogP contribution in [0.25, 0.3) is 0 Å². The van der Waals surface area contributed by atoms with E-state index in [4.69, 9.17) is 0 Å². The summed E-state index contributed by atoms with van der Waals surface area (Å²) < 4.78 is 0.822. The first-order chi connectivity index (χ1) is 8.55. The Bertz CT molecular complexity index is 519. The number of hydrogen-bond acceptors (Lipinski definition) is 1. The van der Waals surface area contributed by atoms with Crippen molar-refractivity contribution >= 4 is 17.6 Å². The highest BCUT2D eigenvalue weighted by Gasteiger charge is 2.10. The van der Waals surface area contributed by atoms with Gasteiger partial charge in [0.1, 0.15) is 5.69 Å². The Morgan fingerprint density at radius 3 is 2.00 bits per heavy atom. The van der Waals surface area contributed by atoms with E-state index in [1.54, 1.807) is 0 Å². The Balaban J connectivity index is 2.14. The number of hydrogen-bond donors (Lipinski definition) is 0. The minimum atomic E-state index is 0.822. The zero-order chi connectivity index (χ0) is 13.0. The lowest BCUT2D eigenvalue weighted by molar-refractivity contribution is 0.486. The van der Waals surface area contributed by atoms with Crippen molar-refractivity contribution in [2.75, 3.05) is 21.1 Å². The third kappa shape index (κ3) is 3.28. The molecule has 0 saturated carbocycles. The quantitative estimate of drug-likeness (QED) is 0.573. The summed E-state index contributed by atoms with van der Waals surface area (Å²) in [6.07, 6.45) is 1.89. The fourth-order valence-corrected chi connectivity index (χ4v) is 1.67. The second kappa shape index (κ2) is 5.15. The number of rotatable bonds is 3. The van der Waals surface area contributed by atoms with Crippen LogP contribution in [-0.2, 0) is 0 Å². The summed E-state index contributed by atoms with van der Waals surface area (Å²) in [7, 11) is 6.47. The molecule has 0 atom stereocenters. The normalized spacial score (nSPS) is 11.9. The molecule has 0 aromatic heterocycles. The van der Waals surface area contributed by atoms with E-state index in [2.05, 4.69) is 50.4 Å². The van der Waals surface area contributed by atoms with Crippen molar-refractivity contribution in [2.24, 2.45) is 4.99 Å². The average Bonchev–Trinajstić information content (AvgIpc) is 2.37. The fourth-order valence-electron chi connectivity index (χ4n) is 1.67. The zero-order valence-corrected chi connectivity index (χ0v) is 11.2. The van der Waals surface area contributed by atoms with Crippen LogP contribution in [0.1, 0.15) is 5.56 Å². The molecule has 0 aliphatic heterocycles. The molecule has 2 nitrogen and oxygen atoms in total. The monoisotopic (exact) mass is 239 g/mol. The molecular formula is C16H19N2+. The van der Waals surface area contributed by atoms with E-state index in [0.29, 0.717) is 0 Å². The molecule has 0 N–H and O–H groups in total. The van der Waals surface area contributed by atoms with Gasteiger partial charge in [-0.2, -0.15) is 0 Å². The smallest absolute Gasteiger partial charge is 0.132 e. The van der Waals surface area contributed by atoms with E-state index in [0.717, 1.165) is 15.7 Å². The standard InChI is InChI=1S/C16H19N2/c1-18(2,3)16-11-9-15(10-12-16)17-13-14-7-5-4-6-8-14/h4-13H,1-3H3/q+1. The van der Waals surface area contributed by atoms with Gasteiger partial charge in [0.05, 0.1) is 26.8 Å². The summed E-state index contributed by atoms with van der Waals surface area (Å²) in [6.45, 7) is 0. The zero-order valence-electron chi connectivity index (χ0n) is 11.2. The maximum atomic E-state index is 4.47. The molecule has 2 rings (SSSR count). The van der Waals surface area contributed by atoms with Crippen LogP contribution in [-0.4, -0.2) is 27.4 Å². The molecule has 0 heterocycles. The largest absolute Gasteiger partial charge is 0.298 e. The maximum absolute atomic E-state index is 4.47. The van der Waals surface area contributed by atoms with Gasteiger partial charge in [-0.05, 0) is 17.7 Å². The molecule has 2 heteroatoms. The Labute approximate surface area is 109 Å². The van der Waals surface area contributed by atoms with Gasteiger partial charge in [0, 0.05) is 18.3 Å². The molecule has 0 radical (unpaired) electrons. The minimum absolute atomic E-state index is 0.822. The van der Waals surface area contributed by atoms with Gasteiger partial charge < -0.3 is 0 Å². The van der Waals surface area contributed by atoms with Crippen LogP contribution in [0.3, 0.4) is 0 Å². The third-order valence-corrected chi connectivity index (χ3v) is 2.79. The Morgan fingerprint density at radius 2 is 1.44 bits per heavy atom. The van der Waals surface area contributed by atoms with Crippen molar-refractivity contribution in [3.05, 3.63) is 60.2 Å². The highest BCUT2D eigenvalue weighted by Crippen LogP contribution is 2.21. The molecule has 0 aliphatic rings. The van der Waals surface area contributed by atoms with Crippen molar-refractivity contribution in [1.82, 2.24) is 4.48 Å². The van der Waals surface area contributed by atoms with E-state index in [1.165, 1.54) is 5.69 Å². The SMILES string of the molecule is C[N+](C)(C)c1ccc(N=Cc2ccccc2)cc1. The minimum Gasteiger partial charge on any atom is -0.298 e. The lowest BCUT2D eigenvalue weighted by atomic mass is 10.2. The van der Waals surface area contributed by atoms with E-state index in [-0.39, 0.29) is 0 Å². The fraction of sp³-hybridized carbons (Fsp3) is 0.188. The topological polar surface area (TPSA) is 12.4 Å². The van der Waals surface area contributed by atoms with Gasteiger partial charge in [0.15, 0.2) is 0 Å². The molecule has 0 amide bonds. The first-order valence-electron chi connectivity index (χ1n) is 6.07. The first kappa shape index (κ1) is 12.5. The second-order valence-corrected chi connectivity index (χ2v) is 5.20. The van der Waals surface area contributed by atoms with Crippen LogP contribution < -0.4 is 4.48 Å². The first-order valence-corrected chi connectivity index (χ1v) is 6.07. The molecule has 0 bridgehead atoms. The van der Waals surface area contributed by atoms with Crippen LogP contribution >= 0.6 is 0 Å². The molecule has 0 fully saturated rings. The lowest BCUT2D eigenvalue weighted by Crippen LogP contribution is -2.34. The highest BCUT2D eigenvalue weighted by atomic mass is 15.3. The molecule has 18 heavy (non-hydrogen) atoms. The summed E-state index contributed by atoms with van der Waals surface area (Å²) >= 11 is 0. The molecule has 0 spiro atoms. The van der Waals surface area contributed by atoms with Gasteiger partial charge >= 0.3 is 0 Å². The summed E-state index contributed by atoms with van der Waals surface area (Å²) in [6, 6.07) is 18.5. The molecule has 0 aliphatic carbocycles. The second-order valence-electron chi connectivity index (χ2n) is 5.20. The Hall–Kier alpha value is -1.93. The summed E-state index contributed by atoms with van der Waals surface area (Å²) in [5.41, 5.74) is 3.37. The van der Waals surface area contributed by atoms with E-state index in [1.807, 2.05) is 36.5 Å². The van der Waals surface area contributed by atoms with Crippen molar-refractivity contribution in [2.45, 2.75) is 0 Å². The predicted octanol–water partition coefficient (Wildman–Crippen LogP) is 3.63. The maximum Gasteiger partial charge on any atom is 0.132 e. The van der Waals surface area contributed by atoms with Gasteiger partial charge in [-0.25, -0.2) is 0 Å². The van der Waals surface area contributed by atoms with E-state index in [9.17, 15) is 0 Å². The molecule has 92 valence electrons. The van der Waals surface area contributed by atoms with Crippen molar-refractivity contribution in [3.8, 4) is 0 Å². The third-order valence-electron chi connectivity index (χ3n) is 2.79.